The molecule has 0 radical (unpaired) electrons. The van der Waals surface area contributed by atoms with E-state index < -0.39 is 5.97 Å². The van der Waals surface area contributed by atoms with Gasteiger partial charge in [-0.05, 0) is 54.7 Å². The predicted molar refractivity (Wildman–Crippen MR) is 103 cm³/mol. The van der Waals surface area contributed by atoms with Crippen LogP contribution in [0.5, 0.6) is 5.75 Å². The first-order valence-corrected chi connectivity index (χ1v) is 9.32. The van der Waals surface area contributed by atoms with Crippen molar-refractivity contribution in [2.45, 2.75) is 25.8 Å². The Bertz CT molecular complexity index is 815. The minimum atomic E-state index is -0.393. The first-order chi connectivity index (χ1) is 13.1. The van der Waals surface area contributed by atoms with Crippen LogP contribution in [0.4, 0.5) is 0 Å². The summed E-state index contributed by atoms with van der Waals surface area (Å²) in [5, 5.41) is 3.22. The lowest BCUT2D eigenvalue weighted by molar-refractivity contribution is 0.0600. The monoisotopic (exact) mass is 387 g/mol. The van der Waals surface area contributed by atoms with Gasteiger partial charge in [-0.15, -0.1) is 0 Å². The van der Waals surface area contributed by atoms with E-state index in [4.69, 9.17) is 16.3 Å². The number of nitrogens with one attached hydrogen (secondary N) is 1. The van der Waals surface area contributed by atoms with Crippen molar-refractivity contribution in [3.63, 3.8) is 0 Å². The molecule has 0 aliphatic heterocycles. The number of carbonyl (C=O) groups is 2. The van der Waals surface area contributed by atoms with Gasteiger partial charge >= 0.3 is 5.97 Å². The molecule has 1 N–H and O–H groups in total. The third-order valence-electron chi connectivity index (χ3n) is 4.72. The molecule has 1 saturated carbocycles. The maximum atomic E-state index is 12.5. The van der Waals surface area contributed by atoms with Gasteiger partial charge < -0.3 is 14.8 Å². The number of hydrogen-bond donors (Lipinski definition) is 1. The van der Waals surface area contributed by atoms with Gasteiger partial charge in [0.1, 0.15) is 5.75 Å². The number of halogens is 1. The van der Waals surface area contributed by atoms with E-state index >= 15 is 0 Å². The first kappa shape index (κ1) is 19.2. The Kier molecular flexibility index (Phi) is 6.35. The fourth-order valence-electron chi connectivity index (χ4n) is 2.80. The summed E-state index contributed by atoms with van der Waals surface area (Å²) in [4.78, 5) is 23.9. The molecule has 1 amide bonds. The van der Waals surface area contributed by atoms with Crippen molar-refractivity contribution in [2.75, 3.05) is 13.7 Å². The van der Waals surface area contributed by atoms with Gasteiger partial charge in [-0.25, -0.2) is 4.79 Å². The van der Waals surface area contributed by atoms with Gasteiger partial charge in [-0.1, -0.05) is 30.2 Å². The largest absolute Gasteiger partial charge is 0.493 e. The lowest BCUT2D eigenvalue weighted by Crippen LogP contribution is -2.23. The van der Waals surface area contributed by atoms with Crippen LogP contribution in [-0.2, 0) is 11.3 Å². The molecule has 0 aromatic heterocycles. The van der Waals surface area contributed by atoms with E-state index in [1.165, 1.54) is 26.4 Å². The van der Waals surface area contributed by atoms with Crippen molar-refractivity contribution < 1.29 is 19.1 Å². The Labute approximate surface area is 163 Å². The quantitative estimate of drug-likeness (QED) is 0.722. The Balaban J connectivity index is 1.58. The standard InChI is InChI=1S/C21H22ClNO4/c1-26-21(25)16-7-5-14(6-8-16)12-23-20(24)18-11-17(9-10-19(18)22)27-13-15-3-2-4-15/h5-11,15H,2-4,12-13H2,1H3,(H,23,24). The number of amides is 1. The molecule has 0 unspecified atom stereocenters. The van der Waals surface area contributed by atoms with Crippen molar-refractivity contribution in [1.82, 2.24) is 5.32 Å². The lowest BCUT2D eigenvalue weighted by atomic mass is 9.86. The molecule has 142 valence electrons. The van der Waals surface area contributed by atoms with Crippen LogP contribution in [0.15, 0.2) is 42.5 Å². The molecule has 5 nitrogen and oxygen atoms in total. The molecule has 0 atom stereocenters. The van der Waals surface area contributed by atoms with Crippen molar-refractivity contribution in [2.24, 2.45) is 5.92 Å². The van der Waals surface area contributed by atoms with E-state index in [2.05, 4.69) is 10.1 Å². The van der Waals surface area contributed by atoms with Gasteiger partial charge in [-0.2, -0.15) is 0 Å². The lowest BCUT2D eigenvalue weighted by Gasteiger charge is -2.25. The summed E-state index contributed by atoms with van der Waals surface area (Å²) in [6, 6.07) is 12.0. The smallest absolute Gasteiger partial charge is 0.337 e. The van der Waals surface area contributed by atoms with E-state index in [-0.39, 0.29) is 5.91 Å². The Morgan fingerprint density at radius 3 is 2.52 bits per heavy atom. The average molecular weight is 388 g/mol. The van der Waals surface area contributed by atoms with Gasteiger partial charge in [0.15, 0.2) is 0 Å². The number of esters is 1. The Hall–Kier alpha value is -2.53. The molecule has 0 bridgehead atoms. The molecule has 0 spiro atoms. The summed E-state index contributed by atoms with van der Waals surface area (Å²) in [5.74, 6) is 0.604. The van der Waals surface area contributed by atoms with E-state index in [1.807, 2.05) is 0 Å². The summed E-state index contributed by atoms with van der Waals surface area (Å²) >= 11 is 6.18. The molecule has 0 heterocycles. The van der Waals surface area contributed by atoms with Crippen molar-refractivity contribution in [3.05, 3.63) is 64.2 Å². The highest BCUT2D eigenvalue weighted by Crippen LogP contribution is 2.28. The molecule has 2 aromatic carbocycles. The van der Waals surface area contributed by atoms with Crippen LogP contribution in [0, 0.1) is 5.92 Å². The van der Waals surface area contributed by atoms with Crippen molar-refractivity contribution in [1.29, 1.82) is 0 Å². The van der Waals surface area contributed by atoms with Crippen LogP contribution in [-0.4, -0.2) is 25.6 Å². The zero-order valence-electron chi connectivity index (χ0n) is 15.2. The number of carbonyl (C=O) groups excluding carboxylic acids is 2. The average Bonchev–Trinajstić information content (AvgIpc) is 2.66. The fourth-order valence-corrected chi connectivity index (χ4v) is 3.00. The molecule has 1 aliphatic rings. The van der Waals surface area contributed by atoms with Crippen molar-refractivity contribution >= 4 is 23.5 Å². The van der Waals surface area contributed by atoms with Gasteiger partial charge in [0.2, 0.25) is 0 Å². The number of benzene rings is 2. The van der Waals surface area contributed by atoms with Crippen molar-refractivity contribution in [3.8, 4) is 5.75 Å². The molecule has 1 fully saturated rings. The van der Waals surface area contributed by atoms with Crippen LogP contribution < -0.4 is 10.1 Å². The highest BCUT2D eigenvalue weighted by molar-refractivity contribution is 6.33. The predicted octanol–water partition coefficient (Wildman–Crippen LogP) is 4.24. The van der Waals surface area contributed by atoms with Crippen LogP contribution >= 0.6 is 11.6 Å². The number of ether oxygens (including phenoxy) is 2. The summed E-state index contributed by atoms with van der Waals surface area (Å²) in [6.45, 7) is 0.999. The summed E-state index contributed by atoms with van der Waals surface area (Å²) in [7, 11) is 1.34. The third kappa shape index (κ3) is 5.01. The van der Waals surface area contributed by atoms with Gasteiger partial charge in [0.05, 0.1) is 29.9 Å². The van der Waals surface area contributed by atoms with E-state index in [0.29, 0.717) is 41.0 Å². The zero-order chi connectivity index (χ0) is 19.2. The first-order valence-electron chi connectivity index (χ1n) is 8.94. The van der Waals surface area contributed by atoms with Gasteiger partial charge in [0.25, 0.3) is 5.91 Å². The Morgan fingerprint density at radius 1 is 1.15 bits per heavy atom. The molecule has 2 aromatic rings. The fraction of sp³-hybridized carbons (Fsp3) is 0.333. The number of hydrogen-bond acceptors (Lipinski definition) is 4. The molecule has 0 saturated heterocycles. The topological polar surface area (TPSA) is 64.6 Å². The van der Waals surface area contributed by atoms with Crippen LogP contribution in [0.25, 0.3) is 0 Å². The second kappa shape index (κ2) is 8.91. The third-order valence-corrected chi connectivity index (χ3v) is 5.05. The molecular formula is C21H22ClNO4. The van der Waals surface area contributed by atoms with E-state index in [1.54, 1.807) is 42.5 Å². The second-order valence-electron chi connectivity index (χ2n) is 6.62. The van der Waals surface area contributed by atoms with Crippen LogP contribution in [0.3, 0.4) is 0 Å². The maximum Gasteiger partial charge on any atom is 0.337 e. The zero-order valence-corrected chi connectivity index (χ0v) is 15.9. The highest BCUT2D eigenvalue weighted by Gasteiger charge is 2.18. The van der Waals surface area contributed by atoms with Crippen LogP contribution in [0.1, 0.15) is 45.5 Å². The van der Waals surface area contributed by atoms with E-state index in [0.717, 1.165) is 5.56 Å². The molecule has 1 aliphatic carbocycles. The van der Waals surface area contributed by atoms with E-state index in [9.17, 15) is 9.59 Å². The number of rotatable bonds is 7. The molecular weight excluding hydrogens is 366 g/mol. The molecule has 6 heteroatoms. The molecule has 27 heavy (non-hydrogen) atoms. The number of methoxy groups -OCH3 is 1. The van der Waals surface area contributed by atoms with Gasteiger partial charge in [-0.3, -0.25) is 4.79 Å². The minimum absolute atomic E-state index is 0.272. The normalized spacial score (nSPS) is 13.6. The highest BCUT2D eigenvalue weighted by atomic mass is 35.5. The summed E-state index contributed by atoms with van der Waals surface area (Å²) in [5.41, 5.74) is 1.71. The molecule has 3 rings (SSSR count). The SMILES string of the molecule is COC(=O)c1ccc(CNC(=O)c2cc(OCC3CCC3)ccc2Cl)cc1. The minimum Gasteiger partial charge on any atom is -0.493 e. The summed E-state index contributed by atoms with van der Waals surface area (Å²) in [6.07, 6.45) is 3.67. The Morgan fingerprint density at radius 2 is 1.89 bits per heavy atom. The van der Waals surface area contributed by atoms with Gasteiger partial charge in [0, 0.05) is 6.54 Å². The summed E-state index contributed by atoms with van der Waals surface area (Å²) < 4.78 is 10.4. The second-order valence-corrected chi connectivity index (χ2v) is 7.03. The van der Waals surface area contributed by atoms with Crippen LogP contribution in [0.2, 0.25) is 5.02 Å². The maximum absolute atomic E-state index is 12.5.